The van der Waals surface area contributed by atoms with E-state index < -0.39 is 0 Å². The highest BCUT2D eigenvalue weighted by Gasteiger charge is 2.36. The number of carbonyl (C=O) groups excluding carboxylic acids is 1. The second kappa shape index (κ2) is 5.24. The summed E-state index contributed by atoms with van der Waals surface area (Å²) in [6.45, 7) is 5.84. The average Bonchev–Trinajstić information content (AvgIpc) is 2.46. The third kappa shape index (κ3) is 2.52. The smallest absolute Gasteiger partial charge is 0.163 e. The lowest BCUT2D eigenvalue weighted by molar-refractivity contribution is 0.0991. The van der Waals surface area contributed by atoms with Crippen LogP contribution in [0.15, 0.2) is 42.5 Å². The molecule has 2 nitrogen and oxygen atoms in total. The Morgan fingerprint density at radius 2 is 1.86 bits per heavy atom. The first-order chi connectivity index (χ1) is 10.4. The van der Waals surface area contributed by atoms with Crippen LogP contribution < -0.4 is 4.74 Å². The molecule has 0 bridgehead atoms. The zero-order valence-corrected chi connectivity index (χ0v) is 13.0. The molecule has 114 valence electrons. The predicted octanol–water partition coefficient (Wildman–Crippen LogP) is 4.83. The molecule has 0 saturated heterocycles. The van der Waals surface area contributed by atoms with Crippen molar-refractivity contribution in [1.82, 2.24) is 0 Å². The zero-order chi connectivity index (χ0) is 15.9. The van der Waals surface area contributed by atoms with Gasteiger partial charge in [0.05, 0.1) is 5.56 Å². The summed E-state index contributed by atoms with van der Waals surface area (Å²) in [5.41, 5.74) is 2.48. The van der Waals surface area contributed by atoms with Crippen molar-refractivity contribution in [2.75, 3.05) is 0 Å². The fourth-order valence-electron chi connectivity index (χ4n) is 3.09. The molecular weight excluding hydrogens is 279 g/mol. The third-order valence-corrected chi connectivity index (χ3v) is 4.32. The van der Waals surface area contributed by atoms with E-state index >= 15 is 0 Å². The minimum atomic E-state index is -0.261. The summed E-state index contributed by atoms with van der Waals surface area (Å²) >= 11 is 0. The van der Waals surface area contributed by atoms with Crippen molar-refractivity contribution in [3.8, 4) is 5.75 Å². The van der Waals surface area contributed by atoms with E-state index in [4.69, 9.17) is 4.74 Å². The zero-order valence-electron chi connectivity index (χ0n) is 13.0. The van der Waals surface area contributed by atoms with Gasteiger partial charge in [0, 0.05) is 5.56 Å². The Morgan fingerprint density at radius 1 is 1.18 bits per heavy atom. The molecule has 2 aromatic carbocycles. The van der Waals surface area contributed by atoms with Gasteiger partial charge in [0.15, 0.2) is 5.78 Å². The Balaban J connectivity index is 2.08. The molecule has 0 aromatic heterocycles. The molecule has 0 N–H and O–H groups in total. The lowest BCUT2D eigenvalue weighted by Crippen LogP contribution is -2.30. The number of para-hydroxylation sites is 1. The van der Waals surface area contributed by atoms with Gasteiger partial charge < -0.3 is 4.74 Å². The van der Waals surface area contributed by atoms with Crippen LogP contribution in [0, 0.1) is 5.82 Å². The number of carbonyl (C=O) groups is 1. The minimum absolute atomic E-state index is 0.00703. The van der Waals surface area contributed by atoms with Gasteiger partial charge in [-0.3, -0.25) is 4.79 Å². The fourth-order valence-corrected chi connectivity index (χ4v) is 3.09. The van der Waals surface area contributed by atoms with Gasteiger partial charge in [0.1, 0.15) is 17.7 Å². The second-order valence-corrected chi connectivity index (χ2v) is 6.48. The quantitative estimate of drug-likeness (QED) is 0.742. The van der Waals surface area contributed by atoms with Crippen LogP contribution in [0.1, 0.15) is 54.8 Å². The van der Waals surface area contributed by atoms with Crippen LogP contribution in [-0.2, 0) is 5.41 Å². The van der Waals surface area contributed by atoms with Crippen molar-refractivity contribution in [1.29, 1.82) is 0 Å². The SMILES string of the molecule is CC(=O)c1cccc2c1OC(c1ccc(F)cc1)CC2(C)C. The summed E-state index contributed by atoms with van der Waals surface area (Å²) in [5, 5.41) is 0. The first kappa shape index (κ1) is 14.8. The van der Waals surface area contributed by atoms with Crippen LogP contribution in [0.5, 0.6) is 5.75 Å². The monoisotopic (exact) mass is 298 g/mol. The molecule has 0 spiro atoms. The van der Waals surface area contributed by atoms with Crippen molar-refractivity contribution in [3.05, 3.63) is 65.0 Å². The molecular formula is C19H19FO2. The molecule has 0 fully saturated rings. The van der Waals surface area contributed by atoms with Gasteiger partial charge in [0.2, 0.25) is 0 Å². The molecule has 3 rings (SSSR count). The highest BCUT2D eigenvalue weighted by molar-refractivity contribution is 5.97. The maximum atomic E-state index is 13.1. The van der Waals surface area contributed by atoms with E-state index in [2.05, 4.69) is 13.8 Å². The lowest BCUT2D eigenvalue weighted by atomic mass is 9.75. The molecule has 0 radical (unpaired) electrons. The molecule has 2 aromatic rings. The van der Waals surface area contributed by atoms with Gasteiger partial charge in [-0.05, 0) is 42.5 Å². The summed E-state index contributed by atoms with van der Waals surface area (Å²) in [6.07, 6.45) is 0.607. The van der Waals surface area contributed by atoms with Crippen LogP contribution in [0.25, 0.3) is 0 Å². The highest BCUT2D eigenvalue weighted by Crippen LogP contribution is 2.47. The van der Waals surface area contributed by atoms with Crippen molar-refractivity contribution in [2.45, 2.75) is 38.7 Å². The predicted molar refractivity (Wildman–Crippen MR) is 83.9 cm³/mol. The summed E-state index contributed by atoms with van der Waals surface area (Å²) in [7, 11) is 0. The van der Waals surface area contributed by atoms with Crippen LogP contribution >= 0.6 is 0 Å². The van der Waals surface area contributed by atoms with E-state index in [1.54, 1.807) is 25.1 Å². The van der Waals surface area contributed by atoms with E-state index in [0.717, 1.165) is 17.5 Å². The largest absolute Gasteiger partial charge is 0.485 e. The van der Waals surface area contributed by atoms with E-state index in [0.29, 0.717) is 11.3 Å². The number of ether oxygens (including phenoxy) is 1. The first-order valence-electron chi connectivity index (χ1n) is 7.45. The highest BCUT2D eigenvalue weighted by atomic mass is 19.1. The summed E-state index contributed by atoms with van der Waals surface area (Å²) < 4.78 is 19.3. The molecule has 1 heterocycles. The van der Waals surface area contributed by atoms with Crippen molar-refractivity contribution < 1.29 is 13.9 Å². The third-order valence-electron chi connectivity index (χ3n) is 4.32. The Kier molecular flexibility index (Phi) is 3.51. The molecule has 0 aliphatic carbocycles. The lowest BCUT2D eigenvalue weighted by Gasteiger charge is -2.38. The topological polar surface area (TPSA) is 26.3 Å². The van der Waals surface area contributed by atoms with Gasteiger partial charge in [-0.25, -0.2) is 4.39 Å². The Labute approximate surface area is 129 Å². The van der Waals surface area contributed by atoms with Crippen molar-refractivity contribution in [2.24, 2.45) is 0 Å². The molecule has 1 aliphatic heterocycles. The van der Waals surface area contributed by atoms with E-state index in [1.807, 2.05) is 12.1 Å². The van der Waals surface area contributed by atoms with Crippen LogP contribution in [0.4, 0.5) is 4.39 Å². The normalized spacial score (nSPS) is 19.2. The molecule has 22 heavy (non-hydrogen) atoms. The standard InChI is InChI=1S/C19H19FO2/c1-12(21)15-5-4-6-16-18(15)22-17(11-19(16,2)3)13-7-9-14(20)10-8-13/h4-10,17H,11H2,1-3H3. The number of rotatable bonds is 2. The van der Waals surface area contributed by atoms with Crippen molar-refractivity contribution in [3.63, 3.8) is 0 Å². The Hall–Kier alpha value is -2.16. The average molecular weight is 298 g/mol. The number of Topliss-reactive ketones (excluding diaryl/α,β-unsaturated/α-hetero) is 1. The number of ketones is 1. The molecule has 0 saturated carbocycles. The van der Waals surface area contributed by atoms with E-state index in [9.17, 15) is 9.18 Å². The summed E-state index contributed by atoms with van der Waals surface area (Å²) in [4.78, 5) is 11.9. The fraction of sp³-hybridized carbons (Fsp3) is 0.316. The molecule has 1 aliphatic rings. The van der Waals surface area contributed by atoms with E-state index in [-0.39, 0.29) is 23.1 Å². The maximum Gasteiger partial charge on any atom is 0.163 e. The number of hydrogen-bond acceptors (Lipinski definition) is 2. The second-order valence-electron chi connectivity index (χ2n) is 6.48. The summed E-state index contributed by atoms with van der Waals surface area (Å²) in [6, 6.07) is 12.1. The van der Waals surface area contributed by atoms with Crippen molar-refractivity contribution >= 4 is 5.78 Å². The van der Waals surface area contributed by atoms with Gasteiger partial charge in [-0.2, -0.15) is 0 Å². The summed E-state index contributed by atoms with van der Waals surface area (Å²) in [5.74, 6) is 0.400. The first-order valence-corrected chi connectivity index (χ1v) is 7.45. The van der Waals surface area contributed by atoms with Gasteiger partial charge in [-0.15, -0.1) is 0 Å². The van der Waals surface area contributed by atoms with Gasteiger partial charge in [-0.1, -0.05) is 38.1 Å². The number of fused-ring (bicyclic) bond motifs is 1. The molecule has 1 atom stereocenters. The van der Waals surface area contributed by atoms with Gasteiger partial charge >= 0.3 is 0 Å². The molecule has 1 unspecified atom stereocenters. The van der Waals surface area contributed by atoms with Crippen LogP contribution in [-0.4, -0.2) is 5.78 Å². The minimum Gasteiger partial charge on any atom is -0.485 e. The number of benzene rings is 2. The van der Waals surface area contributed by atoms with Crippen LogP contribution in [0.2, 0.25) is 0 Å². The van der Waals surface area contributed by atoms with E-state index in [1.165, 1.54) is 12.1 Å². The van der Waals surface area contributed by atoms with Gasteiger partial charge in [0.25, 0.3) is 0 Å². The molecule has 0 amide bonds. The molecule has 3 heteroatoms. The number of hydrogen-bond donors (Lipinski definition) is 0. The van der Waals surface area contributed by atoms with Crippen LogP contribution in [0.3, 0.4) is 0 Å². The maximum absolute atomic E-state index is 13.1. The Morgan fingerprint density at radius 3 is 2.50 bits per heavy atom. The Bertz CT molecular complexity index is 717. The number of halogens is 1.